The molecule has 1 aromatic rings. The Morgan fingerprint density at radius 3 is 2.08 bits per heavy atom. The van der Waals surface area contributed by atoms with Gasteiger partial charge in [-0.25, -0.2) is 9.59 Å². The number of nitrogens with zero attached hydrogens (tertiary/aromatic N) is 2. The monoisotopic (exact) mass is 561 g/mol. The zero-order valence-corrected chi connectivity index (χ0v) is 20.1. The molecule has 0 saturated carbocycles. The summed E-state index contributed by atoms with van der Waals surface area (Å²) in [5, 5.41) is 17.3. The van der Waals surface area contributed by atoms with E-state index in [-0.39, 0.29) is 18.1 Å². The Labute approximate surface area is 213 Å². The number of amides is 1. The van der Waals surface area contributed by atoms with Crippen molar-refractivity contribution in [1.82, 2.24) is 15.1 Å². The second-order valence-electron chi connectivity index (χ2n) is 8.75. The lowest BCUT2D eigenvalue weighted by atomic mass is 10.1. The Kier molecular flexibility index (Phi) is 11.4. The number of rotatable bonds is 6. The van der Waals surface area contributed by atoms with E-state index in [1.54, 1.807) is 6.26 Å². The number of carboxylic acids is 2. The molecule has 3 fully saturated rings. The van der Waals surface area contributed by atoms with Crippen molar-refractivity contribution in [3.8, 4) is 0 Å². The molecule has 216 valence electrons. The van der Waals surface area contributed by atoms with Crippen LogP contribution in [0.5, 0.6) is 0 Å². The first-order valence-corrected chi connectivity index (χ1v) is 11.7. The molecule has 3 aliphatic heterocycles. The fraction of sp³-hybridized carbons (Fsp3) is 0.682. The summed E-state index contributed by atoms with van der Waals surface area (Å²) < 4.78 is 74.9. The lowest BCUT2D eigenvalue weighted by Crippen LogP contribution is -2.40. The number of hydrogen-bond donors (Lipinski definition) is 3. The molecule has 1 amide bonds. The van der Waals surface area contributed by atoms with Crippen LogP contribution in [0.2, 0.25) is 0 Å². The third-order valence-corrected chi connectivity index (χ3v) is 6.04. The Balaban J connectivity index is 0.000000301. The summed E-state index contributed by atoms with van der Waals surface area (Å²) in [4.78, 5) is 35.0. The third kappa shape index (κ3) is 10.1. The topological polar surface area (TPSA) is 133 Å². The molecule has 0 spiro atoms. The van der Waals surface area contributed by atoms with Crippen molar-refractivity contribution >= 4 is 17.8 Å². The van der Waals surface area contributed by atoms with Crippen molar-refractivity contribution in [2.75, 3.05) is 32.7 Å². The van der Waals surface area contributed by atoms with Gasteiger partial charge in [0, 0.05) is 32.1 Å². The molecule has 10 nitrogen and oxygen atoms in total. The van der Waals surface area contributed by atoms with E-state index < -0.39 is 24.3 Å². The smallest absolute Gasteiger partial charge is 0.475 e. The number of carbonyl (C=O) groups is 3. The lowest BCUT2D eigenvalue weighted by Gasteiger charge is -2.21. The number of furan rings is 1. The largest absolute Gasteiger partial charge is 0.490 e. The first-order chi connectivity index (χ1) is 17.7. The van der Waals surface area contributed by atoms with Gasteiger partial charge in [0.05, 0.1) is 18.9 Å². The first-order valence-electron chi connectivity index (χ1n) is 11.7. The Morgan fingerprint density at radius 1 is 1.00 bits per heavy atom. The van der Waals surface area contributed by atoms with Gasteiger partial charge in [-0.05, 0) is 44.5 Å². The molecule has 0 radical (unpaired) electrons. The molecule has 3 N–H and O–H groups in total. The fourth-order valence-electron chi connectivity index (χ4n) is 4.26. The van der Waals surface area contributed by atoms with Crippen LogP contribution in [-0.4, -0.2) is 101 Å². The molecule has 4 heterocycles. The maximum atomic E-state index is 12.4. The van der Waals surface area contributed by atoms with E-state index in [0.29, 0.717) is 6.04 Å². The highest BCUT2D eigenvalue weighted by Crippen LogP contribution is 2.34. The summed E-state index contributed by atoms with van der Waals surface area (Å²) in [6, 6.07) is 4.26. The minimum atomic E-state index is -5.08. The predicted octanol–water partition coefficient (Wildman–Crippen LogP) is 2.49. The molecular formula is C22H29F6N3O7. The van der Waals surface area contributed by atoms with Gasteiger partial charge in [-0.3, -0.25) is 9.69 Å². The number of halogens is 6. The molecule has 0 bridgehead atoms. The van der Waals surface area contributed by atoms with Gasteiger partial charge in [0.15, 0.2) is 0 Å². The number of alkyl halides is 6. The van der Waals surface area contributed by atoms with Crippen LogP contribution in [0.4, 0.5) is 26.3 Å². The van der Waals surface area contributed by atoms with Crippen LogP contribution in [0.25, 0.3) is 0 Å². The van der Waals surface area contributed by atoms with Crippen molar-refractivity contribution in [3.63, 3.8) is 0 Å². The number of nitrogens with one attached hydrogen (secondary N) is 1. The van der Waals surface area contributed by atoms with E-state index in [4.69, 9.17) is 29.0 Å². The Morgan fingerprint density at radius 2 is 1.58 bits per heavy atom. The molecular weight excluding hydrogens is 532 g/mol. The minimum Gasteiger partial charge on any atom is -0.475 e. The fourth-order valence-corrected chi connectivity index (χ4v) is 4.26. The molecule has 0 aromatic carbocycles. The van der Waals surface area contributed by atoms with Gasteiger partial charge in [0.25, 0.3) is 0 Å². The van der Waals surface area contributed by atoms with Gasteiger partial charge >= 0.3 is 24.3 Å². The predicted molar refractivity (Wildman–Crippen MR) is 117 cm³/mol. The van der Waals surface area contributed by atoms with E-state index in [2.05, 4.69) is 15.1 Å². The maximum Gasteiger partial charge on any atom is 0.490 e. The number of ether oxygens (including phenoxy) is 1. The number of carboxylic acid groups (broad SMARTS) is 2. The normalized spacial score (nSPS) is 23.6. The highest BCUT2D eigenvalue weighted by molar-refractivity contribution is 5.81. The van der Waals surface area contributed by atoms with E-state index >= 15 is 0 Å². The number of hydrogen-bond acceptors (Lipinski definition) is 7. The first kappa shape index (κ1) is 31.4. The highest BCUT2D eigenvalue weighted by atomic mass is 19.4. The summed E-state index contributed by atoms with van der Waals surface area (Å²) in [5.74, 6) is -4.48. The van der Waals surface area contributed by atoms with E-state index in [1.165, 1.54) is 25.9 Å². The van der Waals surface area contributed by atoms with Crippen molar-refractivity contribution in [2.45, 2.75) is 62.8 Å². The van der Waals surface area contributed by atoms with Crippen LogP contribution in [0, 0.1) is 0 Å². The molecule has 3 saturated heterocycles. The quantitative estimate of drug-likeness (QED) is 0.448. The van der Waals surface area contributed by atoms with E-state index in [9.17, 15) is 31.1 Å². The average molecular weight is 561 g/mol. The van der Waals surface area contributed by atoms with Gasteiger partial charge < -0.3 is 29.6 Å². The van der Waals surface area contributed by atoms with Crippen LogP contribution in [0.3, 0.4) is 0 Å². The van der Waals surface area contributed by atoms with Crippen molar-refractivity contribution in [3.05, 3.63) is 24.2 Å². The summed E-state index contributed by atoms with van der Waals surface area (Å²) in [5.41, 5.74) is 0. The minimum absolute atomic E-state index is 0.0570. The SMILES string of the molecule is O=C(NCCN1CCCC1)[C@@H]1C[C@@H]2[C@@H](CCN2Cc2ccco2)O1.O=C(O)C(F)(F)F.O=C(O)C(F)(F)F. The van der Waals surface area contributed by atoms with Crippen LogP contribution >= 0.6 is 0 Å². The standard InChI is InChI=1S/C18H27N3O3.2C2HF3O2/c22-18(19-6-10-20-7-1-2-8-20)17-12-15-16(24-17)5-9-21(15)13-14-4-3-11-23-14;2*3-2(4,5)1(6)7/h3-4,11,15-17H,1-2,5-10,12-13H2,(H,19,22);2*(H,6,7)/t15-,16-,17+;;/m1../s1. The molecule has 38 heavy (non-hydrogen) atoms. The number of carbonyl (C=O) groups excluding carboxylic acids is 1. The highest BCUT2D eigenvalue weighted by Gasteiger charge is 2.45. The molecule has 4 rings (SSSR count). The van der Waals surface area contributed by atoms with Gasteiger partial charge in [0.1, 0.15) is 11.9 Å². The summed E-state index contributed by atoms with van der Waals surface area (Å²) in [7, 11) is 0. The van der Waals surface area contributed by atoms with Crippen LogP contribution in [-0.2, 0) is 25.7 Å². The number of likely N-dealkylation sites (tertiary alicyclic amines) is 2. The second kappa shape index (κ2) is 13.8. The van der Waals surface area contributed by atoms with Gasteiger partial charge in [0.2, 0.25) is 5.91 Å². The zero-order valence-electron chi connectivity index (χ0n) is 20.1. The average Bonchev–Trinajstić information content (AvgIpc) is 3.61. The van der Waals surface area contributed by atoms with Crippen LogP contribution in [0.1, 0.15) is 31.4 Å². The van der Waals surface area contributed by atoms with Gasteiger partial charge in [-0.15, -0.1) is 0 Å². The third-order valence-electron chi connectivity index (χ3n) is 6.04. The molecule has 0 aliphatic carbocycles. The Hall–Kier alpha value is -2.85. The molecule has 3 atom stereocenters. The van der Waals surface area contributed by atoms with E-state index in [0.717, 1.165) is 44.8 Å². The molecule has 0 unspecified atom stereocenters. The maximum absolute atomic E-state index is 12.4. The summed E-state index contributed by atoms with van der Waals surface area (Å²) in [6.07, 6.45) is -4.19. The van der Waals surface area contributed by atoms with E-state index in [1.807, 2.05) is 12.1 Å². The molecule has 3 aliphatic rings. The van der Waals surface area contributed by atoms with Crippen molar-refractivity contribution in [2.24, 2.45) is 0 Å². The summed E-state index contributed by atoms with van der Waals surface area (Å²) in [6.45, 7) is 5.84. The van der Waals surface area contributed by atoms with Gasteiger partial charge in [-0.1, -0.05) is 0 Å². The van der Waals surface area contributed by atoms with Crippen molar-refractivity contribution < 1.29 is 60.1 Å². The second-order valence-corrected chi connectivity index (χ2v) is 8.75. The number of fused-ring (bicyclic) bond motifs is 1. The zero-order chi connectivity index (χ0) is 28.5. The van der Waals surface area contributed by atoms with Crippen LogP contribution in [0.15, 0.2) is 22.8 Å². The summed E-state index contributed by atoms with van der Waals surface area (Å²) >= 11 is 0. The van der Waals surface area contributed by atoms with Crippen molar-refractivity contribution in [1.29, 1.82) is 0 Å². The molecule has 1 aromatic heterocycles. The number of aliphatic carboxylic acids is 2. The lowest BCUT2D eigenvalue weighted by molar-refractivity contribution is -0.193. The Bertz CT molecular complexity index is 880. The van der Waals surface area contributed by atoms with Gasteiger partial charge in [-0.2, -0.15) is 26.3 Å². The van der Waals surface area contributed by atoms with Crippen LogP contribution < -0.4 is 5.32 Å². The molecule has 16 heteroatoms.